The largest absolute Gasteiger partial charge is 0.452 e. The Balaban J connectivity index is 1.52. The number of para-hydroxylation sites is 2. The van der Waals surface area contributed by atoms with Crippen LogP contribution in [0.3, 0.4) is 0 Å². The number of aromatic nitrogens is 1. The maximum Gasteiger partial charge on any atom is 0.317 e. The standard InChI is InChI=1S/C18H14F2N2O4S/c1-10(17(24)21-14-8-11(19)6-7-12(14)20)25-16(23)9-27-18-22-13-4-2-3-5-15(13)26-18/h2-8,10H,9H2,1H3,(H,21,24)/t10-/m0/s1. The molecule has 140 valence electrons. The molecule has 3 aromatic rings. The van der Waals surface area contributed by atoms with Crippen LogP contribution in [0.5, 0.6) is 0 Å². The van der Waals surface area contributed by atoms with Crippen LogP contribution in [0.4, 0.5) is 14.5 Å². The number of amides is 1. The van der Waals surface area contributed by atoms with E-state index in [9.17, 15) is 18.4 Å². The lowest BCUT2D eigenvalue weighted by atomic mass is 10.2. The highest BCUT2D eigenvalue weighted by Gasteiger charge is 2.20. The molecular weight excluding hydrogens is 378 g/mol. The zero-order valence-corrected chi connectivity index (χ0v) is 14.9. The van der Waals surface area contributed by atoms with Gasteiger partial charge >= 0.3 is 5.97 Å². The lowest BCUT2D eigenvalue weighted by Crippen LogP contribution is -2.30. The maximum atomic E-state index is 13.5. The molecule has 0 bridgehead atoms. The van der Waals surface area contributed by atoms with Crippen LogP contribution in [-0.2, 0) is 14.3 Å². The number of oxazole rings is 1. The fourth-order valence-electron chi connectivity index (χ4n) is 2.15. The fraction of sp³-hybridized carbons (Fsp3) is 0.167. The molecular formula is C18H14F2N2O4S. The summed E-state index contributed by atoms with van der Waals surface area (Å²) in [5, 5.41) is 2.48. The van der Waals surface area contributed by atoms with E-state index in [1.54, 1.807) is 18.2 Å². The van der Waals surface area contributed by atoms with Crippen LogP contribution in [0.25, 0.3) is 11.1 Å². The van der Waals surface area contributed by atoms with E-state index in [0.29, 0.717) is 16.3 Å². The molecule has 0 unspecified atom stereocenters. The molecule has 1 atom stereocenters. The molecule has 1 aromatic heterocycles. The topological polar surface area (TPSA) is 81.4 Å². The number of esters is 1. The third-order valence-corrected chi connectivity index (χ3v) is 4.25. The van der Waals surface area contributed by atoms with Gasteiger partial charge in [0.1, 0.15) is 22.9 Å². The van der Waals surface area contributed by atoms with Gasteiger partial charge in [-0.1, -0.05) is 23.9 Å². The molecule has 2 aromatic carbocycles. The molecule has 0 aliphatic rings. The van der Waals surface area contributed by atoms with Gasteiger partial charge < -0.3 is 14.5 Å². The molecule has 0 aliphatic heterocycles. The molecule has 0 spiro atoms. The summed E-state index contributed by atoms with van der Waals surface area (Å²) < 4.78 is 37.1. The van der Waals surface area contributed by atoms with Crippen molar-refractivity contribution >= 4 is 40.4 Å². The summed E-state index contributed by atoms with van der Waals surface area (Å²) in [5.41, 5.74) is 0.931. The van der Waals surface area contributed by atoms with Crippen molar-refractivity contribution in [2.24, 2.45) is 0 Å². The van der Waals surface area contributed by atoms with Crippen molar-refractivity contribution in [2.75, 3.05) is 11.1 Å². The number of hydrogen-bond donors (Lipinski definition) is 1. The predicted molar refractivity (Wildman–Crippen MR) is 95.3 cm³/mol. The Hall–Kier alpha value is -2.94. The molecule has 3 rings (SSSR count). The first-order valence-electron chi connectivity index (χ1n) is 7.86. The van der Waals surface area contributed by atoms with Gasteiger partial charge in [-0.05, 0) is 31.2 Å². The Morgan fingerprint density at radius 3 is 2.81 bits per heavy atom. The summed E-state index contributed by atoms with van der Waals surface area (Å²) in [5.74, 6) is -3.08. The van der Waals surface area contributed by atoms with E-state index >= 15 is 0 Å². The molecule has 0 radical (unpaired) electrons. The molecule has 0 fully saturated rings. The molecule has 1 heterocycles. The molecule has 0 aliphatic carbocycles. The molecule has 6 nitrogen and oxygen atoms in total. The Kier molecular flexibility index (Phi) is 5.70. The van der Waals surface area contributed by atoms with Crippen molar-refractivity contribution in [3.05, 3.63) is 54.1 Å². The number of benzene rings is 2. The van der Waals surface area contributed by atoms with Gasteiger partial charge in [-0.25, -0.2) is 13.8 Å². The number of thioether (sulfide) groups is 1. The molecule has 0 saturated heterocycles. The van der Waals surface area contributed by atoms with Gasteiger partial charge in [0, 0.05) is 6.07 Å². The van der Waals surface area contributed by atoms with E-state index in [4.69, 9.17) is 9.15 Å². The average Bonchev–Trinajstić information content (AvgIpc) is 3.06. The van der Waals surface area contributed by atoms with Gasteiger partial charge in [0.2, 0.25) is 0 Å². The van der Waals surface area contributed by atoms with E-state index in [-0.39, 0.29) is 11.4 Å². The number of carbonyl (C=O) groups is 2. The molecule has 9 heteroatoms. The third-order valence-electron chi connectivity index (χ3n) is 3.45. The first-order valence-corrected chi connectivity index (χ1v) is 8.84. The zero-order valence-electron chi connectivity index (χ0n) is 14.1. The van der Waals surface area contributed by atoms with E-state index in [1.165, 1.54) is 6.92 Å². The number of anilines is 1. The Morgan fingerprint density at radius 2 is 2.04 bits per heavy atom. The Bertz CT molecular complexity index is 959. The second-order valence-corrected chi connectivity index (χ2v) is 6.41. The monoisotopic (exact) mass is 392 g/mol. The van der Waals surface area contributed by atoms with Gasteiger partial charge in [0.05, 0.1) is 5.69 Å². The summed E-state index contributed by atoms with van der Waals surface area (Å²) in [7, 11) is 0. The van der Waals surface area contributed by atoms with E-state index in [1.807, 2.05) is 6.07 Å². The number of carbonyl (C=O) groups excluding carboxylic acids is 2. The highest BCUT2D eigenvalue weighted by Crippen LogP contribution is 2.23. The lowest BCUT2D eigenvalue weighted by molar-refractivity contribution is -0.150. The van der Waals surface area contributed by atoms with Crippen molar-refractivity contribution in [1.29, 1.82) is 0 Å². The number of nitrogens with zero attached hydrogens (tertiary/aromatic N) is 1. The lowest BCUT2D eigenvalue weighted by Gasteiger charge is -2.13. The highest BCUT2D eigenvalue weighted by molar-refractivity contribution is 7.99. The number of nitrogens with one attached hydrogen (secondary N) is 1. The van der Waals surface area contributed by atoms with Crippen LogP contribution in [-0.4, -0.2) is 28.7 Å². The zero-order chi connectivity index (χ0) is 19.4. The summed E-state index contributed by atoms with van der Waals surface area (Å²) in [6, 6.07) is 9.80. The summed E-state index contributed by atoms with van der Waals surface area (Å²) >= 11 is 1.02. The van der Waals surface area contributed by atoms with Crippen LogP contribution in [0.15, 0.2) is 52.1 Å². The van der Waals surface area contributed by atoms with E-state index < -0.39 is 29.6 Å². The molecule has 0 saturated carbocycles. The fourth-order valence-corrected chi connectivity index (χ4v) is 2.77. The molecule has 1 amide bonds. The van der Waals surface area contributed by atoms with Crippen molar-refractivity contribution in [3.8, 4) is 0 Å². The van der Waals surface area contributed by atoms with Crippen LogP contribution in [0.2, 0.25) is 0 Å². The molecule has 27 heavy (non-hydrogen) atoms. The van der Waals surface area contributed by atoms with Crippen LogP contribution in [0, 0.1) is 11.6 Å². The van der Waals surface area contributed by atoms with Crippen molar-refractivity contribution < 1.29 is 27.5 Å². The minimum Gasteiger partial charge on any atom is -0.452 e. The van der Waals surface area contributed by atoms with Crippen molar-refractivity contribution in [3.63, 3.8) is 0 Å². The smallest absolute Gasteiger partial charge is 0.317 e. The van der Waals surface area contributed by atoms with Gasteiger partial charge in [0.15, 0.2) is 11.7 Å². The average molecular weight is 392 g/mol. The minimum absolute atomic E-state index is 0.126. The van der Waals surface area contributed by atoms with Crippen LogP contribution in [0.1, 0.15) is 6.92 Å². The van der Waals surface area contributed by atoms with Crippen LogP contribution >= 0.6 is 11.8 Å². The predicted octanol–water partition coefficient (Wildman–Crippen LogP) is 3.77. The normalized spacial score (nSPS) is 12.0. The number of halogens is 2. The maximum absolute atomic E-state index is 13.5. The van der Waals surface area contributed by atoms with Crippen molar-refractivity contribution in [1.82, 2.24) is 4.98 Å². The van der Waals surface area contributed by atoms with Crippen molar-refractivity contribution in [2.45, 2.75) is 18.3 Å². The van der Waals surface area contributed by atoms with Gasteiger partial charge in [-0.2, -0.15) is 0 Å². The number of rotatable bonds is 6. The van der Waals surface area contributed by atoms with Gasteiger partial charge in [-0.3, -0.25) is 9.59 Å². The van der Waals surface area contributed by atoms with Crippen LogP contribution < -0.4 is 5.32 Å². The van der Waals surface area contributed by atoms with E-state index in [0.717, 1.165) is 30.0 Å². The number of hydrogen-bond acceptors (Lipinski definition) is 6. The first-order chi connectivity index (χ1) is 12.9. The Labute approximate surface area is 156 Å². The van der Waals surface area contributed by atoms with Gasteiger partial charge in [0.25, 0.3) is 11.1 Å². The summed E-state index contributed by atoms with van der Waals surface area (Å²) in [4.78, 5) is 28.1. The van der Waals surface area contributed by atoms with E-state index in [2.05, 4.69) is 10.3 Å². The minimum atomic E-state index is -1.19. The first kappa shape index (κ1) is 18.8. The van der Waals surface area contributed by atoms with Gasteiger partial charge in [-0.15, -0.1) is 0 Å². The quantitative estimate of drug-likeness (QED) is 0.508. The summed E-state index contributed by atoms with van der Waals surface area (Å²) in [6.07, 6.45) is -1.19. The Morgan fingerprint density at radius 1 is 1.26 bits per heavy atom. The summed E-state index contributed by atoms with van der Waals surface area (Å²) in [6.45, 7) is 1.33. The highest BCUT2D eigenvalue weighted by atomic mass is 32.2. The second-order valence-electron chi connectivity index (χ2n) is 5.48. The SMILES string of the molecule is C[C@H](OC(=O)CSc1nc2ccccc2o1)C(=O)Nc1cc(F)ccc1F. The third kappa shape index (κ3) is 4.82. The second kappa shape index (κ2) is 8.17. The molecule has 1 N–H and O–H groups in total. The number of fused-ring (bicyclic) bond motifs is 1. The number of ether oxygens (including phenoxy) is 1.